The van der Waals surface area contributed by atoms with E-state index in [0.29, 0.717) is 11.3 Å². The zero-order valence-electron chi connectivity index (χ0n) is 15.9. The van der Waals surface area contributed by atoms with Gasteiger partial charge in [0.15, 0.2) is 0 Å². The van der Waals surface area contributed by atoms with Gasteiger partial charge in [-0.3, -0.25) is 9.79 Å². The highest BCUT2D eigenvalue weighted by Gasteiger charge is 2.31. The number of anilines is 2. The summed E-state index contributed by atoms with van der Waals surface area (Å²) in [6.45, 7) is 3.96. The zero-order valence-corrected chi connectivity index (χ0v) is 15.9. The maximum absolute atomic E-state index is 14.1. The molecule has 3 rings (SSSR count). The van der Waals surface area contributed by atoms with Crippen LogP contribution in [0.3, 0.4) is 0 Å². The lowest BCUT2D eigenvalue weighted by Gasteiger charge is -2.12. The summed E-state index contributed by atoms with van der Waals surface area (Å²) in [6.07, 6.45) is 2.58. The second-order valence-electron chi connectivity index (χ2n) is 7.03. The third kappa shape index (κ3) is 4.52. The Labute approximate surface area is 159 Å². The van der Waals surface area contributed by atoms with Crippen LogP contribution >= 0.6 is 0 Å². The van der Waals surface area contributed by atoms with E-state index in [4.69, 9.17) is 0 Å². The van der Waals surface area contributed by atoms with Gasteiger partial charge >= 0.3 is 0 Å². The molecule has 142 valence electrons. The molecule has 1 atom stereocenters. The highest BCUT2D eigenvalue weighted by atomic mass is 19.1. The molecule has 0 saturated heterocycles. The molecule has 2 aromatic carbocycles. The van der Waals surface area contributed by atoms with Crippen LogP contribution in [0, 0.1) is 12.7 Å². The van der Waals surface area contributed by atoms with E-state index in [-0.39, 0.29) is 5.91 Å². The molecule has 5 nitrogen and oxygen atoms in total. The number of benzene rings is 2. The monoisotopic (exact) mass is 368 g/mol. The lowest BCUT2D eigenvalue weighted by Crippen LogP contribution is -2.16. The number of aliphatic imine (C=N–C) groups is 1. The molecule has 1 aliphatic heterocycles. The number of hydrogen-bond acceptors (Lipinski definition) is 4. The Morgan fingerprint density at radius 1 is 1.30 bits per heavy atom. The van der Waals surface area contributed by atoms with Crippen molar-refractivity contribution in [2.45, 2.75) is 19.3 Å². The third-order valence-electron chi connectivity index (χ3n) is 4.58. The SMILES string of the molecule is Cc1cc(N=CC2C(=O)Nc3cccc(F)c32)ccc1NCCCN(C)C. The quantitative estimate of drug-likeness (QED) is 0.575. The minimum atomic E-state index is -0.703. The Hall–Kier alpha value is -2.73. The summed E-state index contributed by atoms with van der Waals surface area (Å²) in [6, 6.07) is 10.5. The van der Waals surface area contributed by atoms with Crippen LogP contribution < -0.4 is 10.6 Å². The zero-order chi connectivity index (χ0) is 19.4. The molecule has 0 aliphatic carbocycles. The van der Waals surface area contributed by atoms with Crippen molar-refractivity contribution in [1.29, 1.82) is 0 Å². The van der Waals surface area contributed by atoms with E-state index in [1.54, 1.807) is 12.1 Å². The topological polar surface area (TPSA) is 56.7 Å². The predicted molar refractivity (Wildman–Crippen MR) is 109 cm³/mol. The fourth-order valence-electron chi connectivity index (χ4n) is 3.15. The molecule has 0 bridgehead atoms. The Morgan fingerprint density at radius 2 is 2.11 bits per heavy atom. The number of nitrogens with zero attached hydrogens (tertiary/aromatic N) is 2. The number of carbonyl (C=O) groups excluding carboxylic acids is 1. The molecule has 0 radical (unpaired) electrons. The molecular formula is C21H25FN4O. The van der Waals surface area contributed by atoms with Crippen LogP contribution in [0.5, 0.6) is 0 Å². The summed E-state index contributed by atoms with van der Waals surface area (Å²) in [7, 11) is 4.12. The fraction of sp³-hybridized carbons (Fsp3) is 0.333. The molecule has 1 amide bonds. The number of rotatable bonds is 7. The lowest BCUT2D eigenvalue weighted by molar-refractivity contribution is -0.115. The van der Waals surface area contributed by atoms with Crippen LogP contribution in [0.2, 0.25) is 0 Å². The van der Waals surface area contributed by atoms with Gasteiger partial charge in [0.25, 0.3) is 0 Å². The van der Waals surface area contributed by atoms with Gasteiger partial charge in [0.05, 0.1) is 5.69 Å². The van der Waals surface area contributed by atoms with E-state index in [0.717, 1.165) is 36.4 Å². The van der Waals surface area contributed by atoms with Gasteiger partial charge in [0, 0.05) is 29.7 Å². The van der Waals surface area contributed by atoms with Gasteiger partial charge in [-0.25, -0.2) is 4.39 Å². The first-order chi connectivity index (χ1) is 13.0. The number of fused-ring (bicyclic) bond motifs is 1. The average Bonchev–Trinajstić information content (AvgIpc) is 2.94. The van der Waals surface area contributed by atoms with Gasteiger partial charge < -0.3 is 15.5 Å². The van der Waals surface area contributed by atoms with Crippen molar-refractivity contribution in [3.8, 4) is 0 Å². The van der Waals surface area contributed by atoms with Crippen LogP contribution in [0.15, 0.2) is 41.4 Å². The van der Waals surface area contributed by atoms with Crippen LogP contribution in [-0.2, 0) is 4.79 Å². The molecular weight excluding hydrogens is 343 g/mol. The van der Waals surface area contributed by atoms with Crippen LogP contribution in [0.25, 0.3) is 0 Å². The van der Waals surface area contributed by atoms with Gasteiger partial charge in [0.2, 0.25) is 5.91 Å². The summed E-state index contributed by atoms with van der Waals surface area (Å²) in [4.78, 5) is 18.7. The molecule has 27 heavy (non-hydrogen) atoms. The standard InChI is InChI=1S/C21H25FN4O/c1-14-12-15(8-9-18(14)23-10-5-11-26(2)3)24-13-16-20-17(22)6-4-7-19(20)25-21(16)27/h4,6-9,12-13,16,23H,5,10-11H2,1-3H3,(H,25,27). The van der Waals surface area contributed by atoms with Crippen molar-refractivity contribution < 1.29 is 9.18 Å². The molecule has 1 heterocycles. The van der Waals surface area contributed by atoms with Gasteiger partial charge in [-0.2, -0.15) is 0 Å². The second kappa shape index (κ2) is 8.31. The summed E-state index contributed by atoms with van der Waals surface area (Å²) in [5.74, 6) is -1.35. The van der Waals surface area contributed by atoms with E-state index < -0.39 is 11.7 Å². The summed E-state index contributed by atoms with van der Waals surface area (Å²) >= 11 is 0. The normalized spacial score (nSPS) is 16.0. The van der Waals surface area contributed by atoms with Gasteiger partial charge in [-0.1, -0.05) is 6.07 Å². The minimum absolute atomic E-state index is 0.255. The van der Waals surface area contributed by atoms with E-state index in [9.17, 15) is 9.18 Å². The first-order valence-electron chi connectivity index (χ1n) is 9.08. The van der Waals surface area contributed by atoms with Gasteiger partial charge in [0.1, 0.15) is 11.7 Å². The van der Waals surface area contributed by atoms with E-state index in [1.165, 1.54) is 12.3 Å². The Balaban J connectivity index is 1.68. The Morgan fingerprint density at radius 3 is 2.85 bits per heavy atom. The molecule has 2 aromatic rings. The smallest absolute Gasteiger partial charge is 0.237 e. The van der Waals surface area contributed by atoms with E-state index >= 15 is 0 Å². The van der Waals surface area contributed by atoms with E-state index in [2.05, 4.69) is 34.6 Å². The molecule has 0 fully saturated rings. The Bertz CT molecular complexity index is 863. The first-order valence-corrected chi connectivity index (χ1v) is 9.08. The van der Waals surface area contributed by atoms with Gasteiger partial charge in [-0.05, 0) is 69.9 Å². The van der Waals surface area contributed by atoms with Crippen LogP contribution in [-0.4, -0.2) is 44.2 Å². The van der Waals surface area contributed by atoms with E-state index in [1.807, 2.05) is 25.1 Å². The fourth-order valence-corrected chi connectivity index (χ4v) is 3.15. The second-order valence-corrected chi connectivity index (χ2v) is 7.03. The lowest BCUT2D eigenvalue weighted by atomic mass is 10.0. The highest BCUT2D eigenvalue weighted by Crippen LogP contribution is 2.34. The summed E-state index contributed by atoms with van der Waals surface area (Å²) in [5, 5.41) is 6.13. The maximum Gasteiger partial charge on any atom is 0.237 e. The largest absolute Gasteiger partial charge is 0.385 e. The molecule has 6 heteroatoms. The first kappa shape index (κ1) is 19.0. The molecule has 0 spiro atoms. The predicted octanol–water partition coefficient (Wildman–Crippen LogP) is 3.94. The molecule has 2 N–H and O–H groups in total. The molecule has 0 aromatic heterocycles. The van der Waals surface area contributed by atoms with Crippen molar-refractivity contribution in [2.24, 2.45) is 4.99 Å². The van der Waals surface area contributed by atoms with Crippen LogP contribution in [0.4, 0.5) is 21.5 Å². The highest BCUT2D eigenvalue weighted by molar-refractivity contribution is 6.12. The van der Waals surface area contributed by atoms with Crippen molar-refractivity contribution in [1.82, 2.24) is 4.90 Å². The van der Waals surface area contributed by atoms with Gasteiger partial charge in [-0.15, -0.1) is 0 Å². The maximum atomic E-state index is 14.1. The minimum Gasteiger partial charge on any atom is -0.385 e. The van der Waals surface area contributed by atoms with Crippen molar-refractivity contribution >= 4 is 29.2 Å². The summed E-state index contributed by atoms with van der Waals surface area (Å²) in [5.41, 5.74) is 3.77. The molecule has 0 saturated carbocycles. The molecule has 1 aliphatic rings. The van der Waals surface area contributed by atoms with Crippen molar-refractivity contribution in [3.63, 3.8) is 0 Å². The number of amides is 1. The number of halogens is 1. The van der Waals surface area contributed by atoms with Crippen LogP contribution in [0.1, 0.15) is 23.5 Å². The average molecular weight is 368 g/mol. The number of carbonyl (C=O) groups is 1. The molecule has 1 unspecified atom stereocenters. The number of nitrogens with one attached hydrogen (secondary N) is 2. The number of hydrogen-bond donors (Lipinski definition) is 2. The number of aryl methyl sites for hydroxylation is 1. The third-order valence-corrected chi connectivity index (χ3v) is 4.58. The van der Waals surface area contributed by atoms with Crippen molar-refractivity contribution in [3.05, 3.63) is 53.3 Å². The van der Waals surface area contributed by atoms with Crippen molar-refractivity contribution in [2.75, 3.05) is 37.8 Å². The Kier molecular flexibility index (Phi) is 5.86. The summed E-state index contributed by atoms with van der Waals surface area (Å²) < 4.78 is 14.1.